The van der Waals surface area contributed by atoms with E-state index in [2.05, 4.69) is 26.4 Å². The highest BCUT2D eigenvalue weighted by atomic mass is 32.1. The first-order chi connectivity index (χ1) is 11.7. The Morgan fingerprint density at radius 2 is 2.46 bits per heavy atom. The Labute approximate surface area is 144 Å². The molecule has 0 aliphatic carbocycles. The Bertz CT molecular complexity index is 704. The van der Waals surface area contributed by atoms with Crippen LogP contribution in [0.1, 0.15) is 24.8 Å². The quantitative estimate of drug-likeness (QED) is 0.865. The highest BCUT2D eigenvalue weighted by Gasteiger charge is 2.21. The second-order valence-electron chi connectivity index (χ2n) is 6.00. The van der Waals surface area contributed by atoms with Crippen LogP contribution in [0.25, 0.3) is 0 Å². The number of thiophene rings is 1. The Balaban J connectivity index is 1.44. The number of hydrogen-bond donors (Lipinski definition) is 1. The average molecular weight is 344 g/mol. The number of rotatable bonds is 6. The normalized spacial score (nSPS) is 18.2. The molecule has 0 radical (unpaired) electrons. The van der Waals surface area contributed by atoms with Gasteiger partial charge in [0.05, 0.1) is 5.56 Å². The van der Waals surface area contributed by atoms with Crippen LogP contribution in [-0.4, -0.2) is 45.2 Å². The maximum atomic E-state index is 12.1. The molecule has 1 aliphatic rings. The molecular formula is C16H20N6OS. The minimum atomic E-state index is -0.0349. The smallest absolute Gasteiger partial charge is 0.226 e. The van der Waals surface area contributed by atoms with E-state index in [9.17, 15) is 4.79 Å². The lowest BCUT2D eigenvalue weighted by Gasteiger charge is -2.32. The third-order valence-corrected chi connectivity index (χ3v) is 5.04. The Kier molecular flexibility index (Phi) is 5.56. The van der Waals surface area contributed by atoms with Gasteiger partial charge in [-0.1, -0.05) is 0 Å². The summed E-state index contributed by atoms with van der Waals surface area (Å²) in [7, 11) is 0. The average Bonchev–Trinajstić information content (AvgIpc) is 3.25. The van der Waals surface area contributed by atoms with Gasteiger partial charge < -0.3 is 10.2 Å². The van der Waals surface area contributed by atoms with Crippen molar-refractivity contribution >= 4 is 22.2 Å². The van der Waals surface area contributed by atoms with Crippen molar-refractivity contribution in [2.24, 2.45) is 5.92 Å². The predicted octanol–water partition coefficient (Wildman–Crippen LogP) is 1.95. The van der Waals surface area contributed by atoms with Gasteiger partial charge in [-0.3, -0.25) is 9.48 Å². The van der Waals surface area contributed by atoms with Gasteiger partial charge in [-0.2, -0.15) is 10.4 Å². The zero-order valence-corrected chi connectivity index (χ0v) is 14.2. The van der Waals surface area contributed by atoms with Crippen molar-refractivity contribution in [2.75, 3.05) is 25.0 Å². The van der Waals surface area contributed by atoms with Crippen molar-refractivity contribution in [2.45, 2.75) is 25.8 Å². The fourth-order valence-corrected chi connectivity index (χ4v) is 3.79. The van der Waals surface area contributed by atoms with Gasteiger partial charge in [-0.25, -0.2) is 4.98 Å². The van der Waals surface area contributed by atoms with Crippen LogP contribution in [-0.2, 0) is 11.3 Å². The number of nitrogens with zero attached hydrogens (tertiary/aromatic N) is 5. The minimum Gasteiger partial charge on any atom is -0.317 e. The van der Waals surface area contributed by atoms with E-state index in [1.165, 1.54) is 17.8 Å². The Hall–Kier alpha value is -2.24. The van der Waals surface area contributed by atoms with E-state index in [-0.39, 0.29) is 5.91 Å². The summed E-state index contributed by atoms with van der Waals surface area (Å²) in [6.07, 6.45) is 6.08. The van der Waals surface area contributed by atoms with Crippen LogP contribution < -0.4 is 5.32 Å². The molecule has 1 fully saturated rings. The fourth-order valence-electron chi connectivity index (χ4n) is 3.04. The molecule has 0 saturated carbocycles. The number of amides is 1. The van der Waals surface area contributed by atoms with E-state index < -0.39 is 0 Å². The molecule has 24 heavy (non-hydrogen) atoms. The standard InChI is InChI=1S/C16H20N6OS/c17-8-14-4-7-24-16(14)20-15(23)3-6-21-5-1-2-13(9-21)10-22-12-18-11-19-22/h4,7,11-13H,1-3,5-6,9-10H2,(H,20,23)/t13-/m0/s1. The maximum Gasteiger partial charge on any atom is 0.226 e. The molecule has 126 valence electrons. The van der Waals surface area contributed by atoms with Crippen molar-refractivity contribution in [3.05, 3.63) is 29.7 Å². The lowest BCUT2D eigenvalue weighted by atomic mass is 9.98. The molecule has 1 aliphatic heterocycles. The van der Waals surface area contributed by atoms with Gasteiger partial charge in [0.1, 0.15) is 23.7 Å². The zero-order valence-electron chi connectivity index (χ0n) is 13.4. The van der Waals surface area contributed by atoms with Gasteiger partial charge in [0.15, 0.2) is 0 Å². The fraction of sp³-hybridized carbons (Fsp3) is 0.500. The zero-order chi connectivity index (χ0) is 16.8. The molecule has 7 nitrogen and oxygen atoms in total. The first-order valence-electron chi connectivity index (χ1n) is 8.07. The Morgan fingerprint density at radius 3 is 3.25 bits per heavy atom. The van der Waals surface area contributed by atoms with Crippen molar-refractivity contribution in [3.63, 3.8) is 0 Å². The van der Waals surface area contributed by atoms with E-state index in [4.69, 9.17) is 5.26 Å². The van der Waals surface area contributed by atoms with E-state index in [0.29, 0.717) is 22.9 Å². The van der Waals surface area contributed by atoms with Crippen molar-refractivity contribution in [3.8, 4) is 6.07 Å². The summed E-state index contributed by atoms with van der Waals surface area (Å²) in [6.45, 7) is 3.63. The molecule has 1 atom stereocenters. The molecule has 3 rings (SSSR count). The Morgan fingerprint density at radius 1 is 1.54 bits per heavy atom. The van der Waals surface area contributed by atoms with Crippen LogP contribution in [0.15, 0.2) is 24.1 Å². The molecule has 0 spiro atoms. The summed E-state index contributed by atoms with van der Waals surface area (Å²) in [6, 6.07) is 3.81. The van der Waals surface area contributed by atoms with Gasteiger partial charge in [-0.15, -0.1) is 11.3 Å². The molecule has 0 aromatic carbocycles. The van der Waals surface area contributed by atoms with Gasteiger partial charge in [-0.05, 0) is 36.8 Å². The largest absolute Gasteiger partial charge is 0.317 e. The van der Waals surface area contributed by atoms with Crippen LogP contribution in [0.4, 0.5) is 5.00 Å². The lowest BCUT2D eigenvalue weighted by Crippen LogP contribution is -2.38. The third-order valence-electron chi connectivity index (χ3n) is 4.21. The lowest BCUT2D eigenvalue weighted by molar-refractivity contribution is -0.116. The second-order valence-corrected chi connectivity index (χ2v) is 6.92. The SMILES string of the molecule is N#Cc1ccsc1NC(=O)CCN1CCC[C@H](Cn2cncn2)C1. The summed E-state index contributed by atoms with van der Waals surface area (Å²) in [4.78, 5) is 18.4. The third kappa shape index (κ3) is 4.40. The number of nitrogens with one attached hydrogen (secondary N) is 1. The van der Waals surface area contributed by atoms with E-state index in [1.807, 2.05) is 10.1 Å². The number of likely N-dealkylation sites (tertiary alicyclic amines) is 1. The van der Waals surface area contributed by atoms with Gasteiger partial charge in [0, 0.05) is 26.1 Å². The summed E-state index contributed by atoms with van der Waals surface area (Å²) < 4.78 is 1.88. The van der Waals surface area contributed by atoms with Crippen LogP contribution >= 0.6 is 11.3 Å². The molecule has 1 saturated heterocycles. The molecule has 1 N–H and O–H groups in total. The van der Waals surface area contributed by atoms with E-state index in [0.717, 1.165) is 32.6 Å². The molecular weight excluding hydrogens is 324 g/mol. The number of aromatic nitrogens is 3. The molecule has 0 bridgehead atoms. The van der Waals surface area contributed by atoms with Crippen LogP contribution in [0.3, 0.4) is 0 Å². The number of carbonyl (C=O) groups is 1. The van der Waals surface area contributed by atoms with Crippen LogP contribution in [0.5, 0.6) is 0 Å². The minimum absolute atomic E-state index is 0.0349. The molecule has 1 amide bonds. The summed E-state index contributed by atoms with van der Waals surface area (Å²) in [5.41, 5.74) is 0.527. The molecule has 0 unspecified atom stereocenters. The highest BCUT2D eigenvalue weighted by Crippen LogP contribution is 2.22. The summed E-state index contributed by atoms with van der Waals surface area (Å²) >= 11 is 1.38. The van der Waals surface area contributed by atoms with Crippen molar-refractivity contribution < 1.29 is 4.79 Å². The van der Waals surface area contributed by atoms with Crippen LogP contribution in [0.2, 0.25) is 0 Å². The number of anilines is 1. The topological polar surface area (TPSA) is 86.8 Å². The summed E-state index contributed by atoms with van der Waals surface area (Å²) in [5, 5.41) is 18.4. The molecule has 3 heterocycles. The van der Waals surface area contributed by atoms with Crippen molar-refractivity contribution in [1.29, 1.82) is 5.26 Å². The van der Waals surface area contributed by atoms with E-state index in [1.54, 1.807) is 18.7 Å². The van der Waals surface area contributed by atoms with Crippen molar-refractivity contribution in [1.82, 2.24) is 19.7 Å². The highest BCUT2D eigenvalue weighted by molar-refractivity contribution is 7.14. The predicted molar refractivity (Wildman–Crippen MR) is 91.5 cm³/mol. The molecule has 8 heteroatoms. The molecule has 2 aromatic rings. The monoisotopic (exact) mass is 344 g/mol. The number of hydrogen-bond acceptors (Lipinski definition) is 6. The van der Waals surface area contributed by atoms with Gasteiger partial charge in [0.25, 0.3) is 0 Å². The van der Waals surface area contributed by atoms with Gasteiger partial charge >= 0.3 is 0 Å². The van der Waals surface area contributed by atoms with Crippen LogP contribution in [0, 0.1) is 17.2 Å². The molecule has 2 aromatic heterocycles. The maximum absolute atomic E-state index is 12.1. The first-order valence-corrected chi connectivity index (χ1v) is 8.95. The number of piperidine rings is 1. The summed E-state index contributed by atoms with van der Waals surface area (Å²) in [5.74, 6) is 0.512. The second kappa shape index (κ2) is 8.04. The number of carbonyl (C=O) groups excluding carboxylic acids is 1. The number of nitriles is 1. The van der Waals surface area contributed by atoms with E-state index >= 15 is 0 Å². The van der Waals surface area contributed by atoms with Gasteiger partial charge in [0.2, 0.25) is 5.91 Å². The first kappa shape index (κ1) is 16.6.